The van der Waals surface area contributed by atoms with Gasteiger partial charge in [-0.2, -0.15) is 13.2 Å². The molecule has 1 aromatic carbocycles. The van der Waals surface area contributed by atoms with E-state index in [1.54, 1.807) is 18.6 Å². The molecule has 0 saturated heterocycles. The summed E-state index contributed by atoms with van der Waals surface area (Å²) < 4.78 is 91.1. The second-order valence-corrected chi connectivity index (χ2v) is 9.09. The van der Waals surface area contributed by atoms with Crippen molar-refractivity contribution in [3.05, 3.63) is 64.5 Å². The molecule has 0 aliphatic heterocycles. The zero-order chi connectivity index (χ0) is 25.0. The van der Waals surface area contributed by atoms with Gasteiger partial charge in [-0.3, -0.25) is 9.52 Å². The second-order valence-electron chi connectivity index (χ2n) is 7.34. The molecule has 0 spiro atoms. The molecular formula is C21H22F5N3O3S. The van der Waals surface area contributed by atoms with Crippen molar-refractivity contribution in [2.45, 2.75) is 38.9 Å². The fourth-order valence-corrected chi connectivity index (χ4v) is 3.36. The predicted molar refractivity (Wildman–Crippen MR) is 114 cm³/mol. The molecule has 1 amide bonds. The van der Waals surface area contributed by atoms with E-state index in [4.69, 9.17) is 0 Å². The molecule has 1 atom stereocenters. The number of alkyl halides is 3. The van der Waals surface area contributed by atoms with Gasteiger partial charge in [-0.05, 0) is 47.7 Å². The average Bonchev–Trinajstić information content (AvgIpc) is 2.71. The number of halogens is 5. The number of hydrogen-bond donors (Lipinski definition) is 2. The lowest BCUT2D eigenvalue weighted by Crippen LogP contribution is -2.21. The van der Waals surface area contributed by atoms with Crippen molar-refractivity contribution in [2.75, 3.05) is 11.0 Å². The number of hydrogen-bond acceptors (Lipinski definition) is 4. The summed E-state index contributed by atoms with van der Waals surface area (Å²) in [5.74, 6) is -3.27. The molecule has 0 radical (unpaired) electrons. The molecule has 0 bridgehead atoms. The Hall–Kier alpha value is -3.02. The minimum Gasteiger partial charge on any atom is -0.348 e. The van der Waals surface area contributed by atoms with E-state index in [0.29, 0.717) is 12.0 Å². The molecule has 2 N–H and O–H groups in total. The Morgan fingerprint density at radius 3 is 2.30 bits per heavy atom. The summed E-state index contributed by atoms with van der Waals surface area (Å²) in [7, 11) is -3.89. The SMILES string of the molecule is CCC(C)c1nc(C(F)(F)F)ccc1C=CC(=O)NCc1cc(F)c(NS(C)(=O)=O)c(F)c1. The number of carbonyl (C=O) groups is 1. The Morgan fingerprint density at radius 1 is 1.18 bits per heavy atom. The van der Waals surface area contributed by atoms with Crippen LogP contribution >= 0.6 is 0 Å². The van der Waals surface area contributed by atoms with Crippen molar-refractivity contribution in [1.29, 1.82) is 0 Å². The first-order valence-electron chi connectivity index (χ1n) is 9.71. The van der Waals surface area contributed by atoms with Gasteiger partial charge in [0.2, 0.25) is 15.9 Å². The molecule has 1 unspecified atom stereocenters. The summed E-state index contributed by atoms with van der Waals surface area (Å²) in [6, 6.07) is 3.77. The first-order chi connectivity index (χ1) is 15.2. The van der Waals surface area contributed by atoms with Crippen LogP contribution in [0.25, 0.3) is 6.08 Å². The number of sulfonamides is 1. The van der Waals surface area contributed by atoms with Crippen LogP contribution in [0.1, 0.15) is 48.7 Å². The number of benzene rings is 1. The van der Waals surface area contributed by atoms with E-state index in [1.807, 2.05) is 0 Å². The summed E-state index contributed by atoms with van der Waals surface area (Å²) in [4.78, 5) is 15.8. The van der Waals surface area contributed by atoms with Crippen LogP contribution in [-0.4, -0.2) is 25.6 Å². The maximum atomic E-state index is 14.0. The smallest absolute Gasteiger partial charge is 0.348 e. The monoisotopic (exact) mass is 491 g/mol. The van der Waals surface area contributed by atoms with E-state index < -0.39 is 45.1 Å². The molecule has 2 aromatic rings. The lowest BCUT2D eigenvalue weighted by atomic mass is 9.98. The fourth-order valence-electron chi connectivity index (χ4n) is 2.80. The molecule has 33 heavy (non-hydrogen) atoms. The highest BCUT2D eigenvalue weighted by molar-refractivity contribution is 7.92. The first kappa shape index (κ1) is 26.2. The van der Waals surface area contributed by atoms with Crippen LogP contribution in [0.5, 0.6) is 0 Å². The standard InChI is InChI=1S/C21H22F5N3O3S/c1-4-12(2)19-14(5-7-17(28-19)21(24,25)26)6-8-18(30)27-11-13-9-15(22)20(16(23)10-13)29-33(3,31)32/h5-10,12,29H,4,11H2,1-3H3,(H,27,30). The van der Waals surface area contributed by atoms with Gasteiger partial charge >= 0.3 is 6.18 Å². The van der Waals surface area contributed by atoms with Crippen LogP contribution in [-0.2, 0) is 27.5 Å². The topological polar surface area (TPSA) is 88.2 Å². The maximum absolute atomic E-state index is 14.0. The van der Waals surface area contributed by atoms with E-state index in [-0.39, 0.29) is 23.7 Å². The predicted octanol–water partition coefficient (Wildman–Crippen LogP) is 4.59. The van der Waals surface area contributed by atoms with E-state index in [2.05, 4.69) is 10.3 Å². The van der Waals surface area contributed by atoms with Gasteiger partial charge in [0, 0.05) is 12.6 Å². The summed E-state index contributed by atoms with van der Waals surface area (Å²) >= 11 is 0. The van der Waals surface area contributed by atoms with E-state index in [9.17, 15) is 35.2 Å². The van der Waals surface area contributed by atoms with Gasteiger partial charge in [0.15, 0.2) is 11.6 Å². The van der Waals surface area contributed by atoms with Gasteiger partial charge in [-0.1, -0.05) is 19.9 Å². The quantitative estimate of drug-likeness (QED) is 0.418. The van der Waals surface area contributed by atoms with Crippen LogP contribution in [0, 0.1) is 11.6 Å². The molecule has 2 rings (SSSR count). The number of carbonyl (C=O) groups excluding carboxylic acids is 1. The number of anilines is 1. The van der Waals surface area contributed by atoms with Crippen molar-refractivity contribution in [1.82, 2.24) is 10.3 Å². The maximum Gasteiger partial charge on any atom is 0.433 e. The normalized spacial score (nSPS) is 13.2. The largest absolute Gasteiger partial charge is 0.433 e. The van der Waals surface area contributed by atoms with Gasteiger partial charge in [0.25, 0.3) is 0 Å². The Balaban J connectivity index is 2.15. The van der Waals surface area contributed by atoms with Gasteiger partial charge < -0.3 is 5.32 Å². The highest BCUT2D eigenvalue weighted by atomic mass is 32.2. The number of rotatable bonds is 8. The second kappa shape index (κ2) is 10.3. The molecule has 1 aromatic heterocycles. The number of pyridine rings is 1. The molecule has 12 heteroatoms. The number of amides is 1. The molecule has 0 aliphatic rings. The fraction of sp³-hybridized carbons (Fsp3) is 0.333. The number of nitrogens with zero attached hydrogens (tertiary/aromatic N) is 1. The Labute approximate surface area is 188 Å². The van der Waals surface area contributed by atoms with Crippen LogP contribution in [0.2, 0.25) is 0 Å². The molecule has 180 valence electrons. The molecule has 1 heterocycles. The van der Waals surface area contributed by atoms with Crippen molar-refractivity contribution < 1.29 is 35.2 Å². The van der Waals surface area contributed by atoms with E-state index >= 15 is 0 Å². The third kappa shape index (κ3) is 7.52. The minimum absolute atomic E-state index is 0.0299. The van der Waals surface area contributed by atoms with E-state index in [1.165, 1.54) is 12.1 Å². The summed E-state index contributed by atoms with van der Waals surface area (Å²) in [6.07, 6.45) is -0.945. The highest BCUT2D eigenvalue weighted by Gasteiger charge is 2.33. The van der Waals surface area contributed by atoms with Crippen LogP contribution < -0.4 is 10.0 Å². The van der Waals surface area contributed by atoms with Crippen molar-refractivity contribution in [3.63, 3.8) is 0 Å². The highest BCUT2D eigenvalue weighted by Crippen LogP contribution is 2.31. The van der Waals surface area contributed by atoms with Crippen molar-refractivity contribution >= 4 is 27.7 Å². The van der Waals surface area contributed by atoms with Gasteiger partial charge in [-0.25, -0.2) is 22.2 Å². The van der Waals surface area contributed by atoms with Gasteiger partial charge in [0.05, 0.1) is 11.9 Å². The Kier molecular flexibility index (Phi) is 8.17. The van der Waals surface area contributed by atoms with Crippen LogP contribution in [0.15, 0.2) is 30.3 Å². The molecule has 0 aliphatic carbocycles. The van der Waals surface area contributed by atoms with Crippen LogP contribution in [0.3, 0.4) is 0 Å². The van der Waals surface area contributed by atoms with Crippen molar-refractivity contribution in [3.8, 4) is 0 Å². The van der Waals surface area contributed by atoms with E-state index in [0.717, 1.165) is 30.5 Å². The zero-order valence-corrected chi connectivity index (χ0v) is 18.7. The third-order valence-corrected chi connectivity index (χ3v) is 5.17. The molecule has 0 saturated carbocycles. The lowest BCUT2D eigenvalue weighted by molar-refractivity contribution is -0.141. The third-order valence-electron chi connectivity index (χ3n) is 4.60. The summed E-state index contributed by atoms with van der Waals surface area (Å²) in [5.41, 5.74) is -1.31. The Bertz CT molecular complexity index is 1140. The number of aromatic nitrogens is 1. The summed E-state index contributed by atoms with van der Waals surface area (Å²) in [6.45, 7) is 3.23. The van der Waals surface area contributed by atoms with Gasteiger partial charge in [-0.15, -0.1) is 0 Å². The lowest BCUT2D eigenvalue weighted by Gasteiger charge is -2.15. The molecule has 6 nitrogen and oxygen atoms in total. The van der Waals surface area contributed by atoms with Crippen LogP contribution in [0.4, 0.5) is 27.6 Å². The molecular weight excluding hydrogens is 469 g/mol. The minimum atomic E-state index is -4.60. The Morgan fingerprint density at radius 2 is 1.79 bits per heavy atom. The van der Waals surface area contributed by atoms with Gasteiger partial charge in [0.1, 0.15) is 11.4 Å². The summed E-state index contributed by atoms with van der Waals surface area (Å²) in [5, 5.41) is 2.39. The van der Waals surface area contributed by atoms with Crippen molar-refractivity contribution in [2.24, 2.45) is 0 Å². The first-order valence-corrected chi connectivity index (χ1v) is 11.6. The molecule has 0 fully saturated rings. The zero-order valence-electron chi connectivity index (χ0n) is 17.9. The number of nitrogens with one attached hydrogen (secondary N) is 2. The average molecular weight is 491 g/mol.